The summed E-state index contributed by atoms with van der Waals surface area (Å²) in [7, 11) is 0. The second kappa shape index (κ2) is 7.52. The van der Waals surface area contributed by atoms with E-state index in [0.29, 0.717) is 48.4 Å². The van der Waals surface area contributed by atoms with Crippen molar-refractivity contribution in [2.45, 2.75) is 19.0 Å². The van der Waals surface area contributed by atoms with Gasteiger partial charge in [0.2, 0.25) is 5.91 Å². The SMILES string of the molecule is Cl.O=C(Nc1cc2c(cc1Cl)OCCO2)C1Cc2ccccc2CN1. The van der Waals surface area contributed by atoms with E-state index in [0.717, 1.165) is 0 Å². The highest BCUT2D eigenvalue weighted by Crippen LogP contribution is 2.38. The summed E-state index contributed by atoms with van der Waals surface area (Å²) < 4.78 is 11.0. The van der Waals surface area contributed by atoms with E-state index >= 15 is 0 Å². The minimum Gasteiger partial charge on any atom is -0.486 e. The van der Waals surface area contributed by atoms with E-state index in [4.69, 9.17) is 21.1 Å². The zero-order valence-electron chi connectivity index (χ0n) is 13.4. The first-order chi connectivity index (χ1) is 11.7. The molecule has 0 saturated heterocycles. The normalized spacial score (nSPS) is 17.9. The highest BCUT2D eigenvalue weighted by Gasteiger charge is 2.25. The summed E-state index contributed by atoms with van der Waals surface area (Å²) in [5.74, 6) is 1.10. The van der Waals surface area contributed by atoms with Crippen molar-refractivity contribution in [3.05, 3.63) is 52.5 Å². The molecule has 0 saturated carbocycles. The lowest BCUT2D eigenvalue weighted by Gasteiger charge is -2.26. The van der Waals surface area contributed by atoms with Gasteiger partial charge in [-0.2, -0.15) is 0 Å². The van der Waals surface area contributed by atoms with Crippen molar-refractivity contribution in [2.24, 2.45) is 0 Å². The molecule has 2 heterocycles. The Hall–Kier alpha value is -1.95. The van der Waals surface area contributed by atoms with E-state index < -0.39 is 0 Å². The van der Waals surface area contributed by atoms with E-state index in [2.05, 4.69) is 22.8 Å². The Morgan fingerprint density at radius 3 is 2.56 bits per heavy atom. The maximum absolute atomic E-state index is 12.6. The van der Waals surface area contributed by atoms with Crippen molar-refractivity contribution in [3.8, 4) is 11.5 Å². The van der Waals surface area contributed by atoms with Gasteiger partial charge in [-0.1, -0.05) is 35.9 Å². The Morgan fingerprint density at radius 2 is 1.80 bits per heavy atom. The number of carbonyl (C=O) groups is 1. The largest absolute Gasteiger partial charge is 0.486 e. The van der Waals surface area contributed by atoms with Crippen molar-refractivity contribution in [3.63, 3.8) is 0 Å². The molecule has 1 atom stereocenters. The summed E-state index contributed by atoms with van der Waals surface area (Å²) >= 11 is 6.25. The molecule has 0 spiro atoms. The Labute approximate surface area is 157 Å². The van der Waals surface area contributed by atoms with E-state index in [1.165, 1.54) is 11.1 Å². The average Bonchev–Trinajstić information content (AvgIpc) is 2.62. The van der Waals surface area contributed by atoms with Gasteiger partial charge in [-0.25, -0.2) is 0 Å². The molecule has 0 aliphatic carbocycles. The third-order valence-corrected chi connectivity index (χ3v) is 4.60. The molecule has 4 rings (SSSR count). The van der Waals surface area contributed by atoms with Crippen LogP contribution in [0.3, 0.4) is 0 Å². The highest BCUT2D eigenvalue weighted by molar-refractivity contribution is 6.34. The molecular formula is C18H18Cl2N2O3. The number of benzene rings is 2. The van der Waals surface area contributed by atoms with Gasteiger partial charge >= 0.3 is 0 Å². The molecule has 0 aromatic heterocycles. The molecule has 0 radical (unpaired) electrons. The van der Waals surface area contributed by atoms with Gasteiger partial charge in [0.05, 0.1) is 16.8 Å². The van der Waals surface area contributed by atoms with Gasteiger partial charge in [0.15, 0.2) is 11.5 Å². The quantitative estimate of drug-likeness (QED) is 0.839. The second-order valence-electron chi connectivity index (χ2n) is 5.87. The molecule has 7 heteroatoms. The molecule has 2 aliphatic heterocycles. The number of carbonyl (C=O) groups excluding carboxylic acids is 1. The predicted octanol–water partition coefficient (Wildman–Crippen LogP) is 3.19. The van der Waals surface area contributed by atoms with E-state index in [1.807, 2.05) is 12.1 Å². The smallest absolute Gasteiger partial charge is 0.241 e. The molecule has 2 N–H and O–H groups in total. The van der Waals surface area contributed by atoms with Gasteiger partial charge in [0, 0.05) is 18.7 Å². The van der Waals surface area contributed by atoms with Crippen LogP contribution in [0, 0.1) is 0 Å². The van der Waals surface area contributed by atoms with Crippen molar-refractivity contribution in [1.82, 2.24) is 5.32 Å². The number of nitrogens with one attached hydrogen (secondary N) is 2. The van der Waals surface area contributed by atoms with Crippen LogP contribution in [0.25, 0.3) is 0 Å². The molecule has 0 fully saturated rings. The molecule has 0 bridgehead atoms. The minimum atomic E-state index is -0.288. The van der Waals surface area contributed by atoms with Gasteiger partial charge in [-0.15, -0.1) is 12.4 Å². The monoisotopic (exact) mass is 380 g/mol. The average molecular weight is 381 g/mol. The summed E-state index contributed by atoms with van der Waals surface area (Å²) in [6.45, 7) is 1.67. The molecule has 1 amide bonds. The molecule has 5 nitrogen and oxygen atoms in total. The fourth-order valence-corrected chi connectivity index (χ4v) is 3.22. The number of fused-ring (bicyclic) bond motifs is 2. The van der Waals surface area contributed by atoms with Crippen molar-refractivity contribution >= 4 is 35.6 Å². The molecule has 2 aromatic rings. The minimum absolute atomic E-state index is 0. The van der Waals surface area contributed by atoms with Crippen LogP contribution in [0.2, 0.25) is 5.02 Å². The number of halogens is 2. The van der Waals surface area contributed by atoms with Gasteiger partial charge < -0.3 is 20.1 Å². The first-order valence-corrected chi connectivity index (χ1v) is 8.28. The van der Waals surface area contributed by atoms with Crippen molar-refractivity contribution in [2.75, 3.05) is 18.5 Å². The standard InChI is InChI=1S/C18H17ClN2O3.ClH/c19-13-8-16-17(24-6-5-23-16)9-14(13)21-18(22)15-7-11-3-1-2-4-12(11)10-20-15;/h1-4,8-9,15,20H,5-7,10H2,(H,21,22);1H. The highest BCUT2D eigenvalue weighted by atomic mass is 35.5. The fourth-order valence-electron chi connectivity index (χ4n) is 3.02. The number of hydrogen-bond acceptors (Lipinski definition) is 4. The van der Waals surface area contributed by atoms with Crippen LogP contribution in [0.1, 0.15) is 11.1 Å². The number of rotatable bonds is 2. The zero-order chi connectivity index (χ0) is 16.5. The maximum atomic E-state index is 12.6. The zero-order valence-corrected chi connectivity index (χ0v) is 15.0. The van der Waals surface area contributed by atoms with Crippen LogP contribution in [0.5, 0.6) is 11.5 Å². The Balaban J connectivity index is 0.00000182. The van der Waals surface area contributed by atoms with Crippen LogP contribution in [-0.2, 0) is 17.8 Å². The molecule has 1 unspecified atom stereocenters. The maximum Gasteiger partial charge on any atom is 0.241 e. The summed E-state index contributed by atoms with van der Waals surface area (Å²) in [6.07, 6.45) is 0.657. The van der Waals surface area contributed by atoms with Gasteiger partial charge in [0.25, 0.3) is 0 Å². The number of ether oxygens (including phenoxy) is 2. The van der Waals surface area contributed by atoms with E-state index in [1.54, 1.807) is 12.1 Å². The topological polar surface area (TPSA) is 59.6 Å². The lowest BCUT2D eigenvalue weighted by Crippen LogP contribution is -2.44. The Kier molecular flexibility index (Phi) is 5.37. The van der Waals surface area contributed by atoms with E-state index in [9.17, 15) is 4.79 Å². The summed E-state index contributed by atoms with van der Waals surface area (Å²) in [5, 5.41) is 6.59. The van der Waals surface area contributed by atoms with Crippen molar-refractivity contribution < 1.29 is 14.3 Å². The number of amides is 1. The Morgan fingerprint density at radius 1 is 1.12 bits per heavy atom. The third kappa shape index (κ3) is 3.68. The van der Waals surface area contributed by atoms with Crippen LogP contribution in [0.4, 0.5) is 5.69 Å². The van der Waals surface area contributed by atoms with Gasteiger partial charge in [-0.3, -0.25) is 4.79 Å². The van der Waals surface area contributed by atoms with Crippen LogP contribution in [-0.4, -0.2) is 25.2 Å². The lowest BCUT2D eigenvalue weighted by atomic mass is 9.95. The summed E-state index contributed by atoms with van der Waals surface area (Å²) in [5.41, 5.74) is 2.97. The first-order valence-electron chi connectivity index (χ1n) is 7.91. The fraction of sp³-hybridized carbons (Fsp3) is 0.278. The van der Waals surface area contributed by atoms with Crippen LogP contribution < -0.4 is 20.1 Å². The second-order valence-corrected chi connectivity index (χ2v) is 6.28. The number of hydrogen-bond donors (Lipinski definition) is 2. The van der Waals surface area contributed by atoms with Crippen LogP contribution >= 0.6 is 24.0 Å². The lowest BCUT2D eigenvalue weighted by molar-refractivity contribution is -0.118. The molecule has 132 valence electrons. The Bertz CT molecular complexity index is 798. The first kappa shape index (κ1) is 17.9. The predicted molar refractivity (Wildman–Crippen MR) is 99.1 cm³/mol. The van der Waals surface area contributed by atoms with Crippen molar-refractivity contribution in [1.29, 1.82) is 0 Å². The van der Waals surface area contributed by atoms with Gasteiger partial charge in [-0.05, 0) is 17.5 Å². The van der Waals surface area contributed by atoms with Gasteiger partial charge in [0.1, 0.15) is 13.2 Å². The third-order valence-electron chi connectivity index (χ3n) is 4.29. The molecular weight excluding hydrogens is 363 g/mol. The summed E-state index contributed by atoms with van der Waals surface area (Å²) in [6, 6.07) is 11.2. The van der Waals surface area contributed by atoms with E-state index in [-0.39, 0.29) is 24.4 Å². The molecule has 2 aromatic carbocycles. The number of anilines is 1. The van der Waals surface area contributed by atoms with Crippen LogP contribution in [0.15, 0.2) is 36.4 Å². The molecule has 25 heavy (non-hydrogen) atoms. The summed E-state index contributed by atoms with van der Waals surface area (Å²) in [4.78, 5) is 12.6. The molecule has 2 aliphatic rings.